The second-order valence-electron chi connectivity index (χ2n) is 9.99. The van der Waals surface area contributed by atoms with Gasteiger partial charge in [0.15, 0.2) is 0 Å². The van der Waals surface area contributed by atoms with Gasteiger partial charge < -0.3 is 5.32 Å². The summed E-state index contributed by atoms with van der Waals surface area (Å²) in [5.41, 5.74) is 13.1. The molecule has 178 valence electrons. The highest BCUT2D eigenvalue weighted by Crippen LogP contribution is 2.53. The van der Waals surface area contributed by atoms with Crippen LogP contribution in [0.3, 0.4) is 0 Å². The normalized spacial score (nSPS) is 14.9. The fourth-order valence-electron chi connectivity index (χ4n) is 6.21. The van der Waals surface area contributed by atoms with Gasteiger partial charge in [-0.25, -0.2) is 4.99 Å². The quantitative estimate of drug-likeness (QED) is 0.265. The second kappa shape index (κ2) is 8.29. The lowest BCUT2D eigenvalue weighted by Crippen LogP contribution is -2.25. The first-order chi connectivity index (χ1) is 18.9. The Hall–Kier alpha value is -4.95. The molecule has 0 saturated carbocycles. The lowest BCUT2D eigenvalue weighted by molar-refractivity contribution is 1.02. The van der Waals surface area contributed by atoms with Crippen molar-refractivity contribution in [3.05, 3.63) is 145 Å². The largest absolute Gasteiger partial charge is 0.371 e. The topological polar surface area (TPSA) is 24.4 Å². The summed E-state index contributed by atoms with van der Waals surface area (Å²) in [6.45, 7) is 0. The maximum Gasteiger partial charge on any atom is 0.0947 e. The Morgan fingerprint density at radius 3 is 1.89 bits per heavy atom. The molecule has 6 aromatic carbocycles. The highest BCUT2D eigenvalue weighted by Gasteiger charge is 2.32. The Bertz CT molecular complexity index is 1880. The predicted molar refractivity (Wildman–Crippen MR) is 159 cm³/mol. The molecule has 1 unspecified atom stereocenters. The zero-order valence-corrected chi connectivity index (χ0v) is 20.7. The SMILES string of the molecule is c1ccc(-c2ccc(C3=Nc4ccccc4NC3c3ccccc3)c3c2-c2cccc4cccc-3c24)cc1. The molecule has 0 saturated heterocycles. The third kappa shape index (κ3) is 3.10. The molecule has 2 heteroatoms. The third-order valence-corrected chi connectivity index (χ3v) is 7.86. The van der Waals surface area contributed by atoms with Crippen molar-refractivity contribution >= 4 is 27.9 Å². The van der Waals surface area contributed by atoms with Gasteiger partial charge in [0.05, 0.1) is 23.1 Å². The van der Waals surface area contributed by atoms with E-state index in [-0.39, 0.29) is 6.04 Å². The first kappa shape index (κ1) is 21.2. The van der Waals surface area contributed by atoms with E-state index in [1.807, 2.05) is 0 Å². The van der Waals surface area contributed by atoms with Crippen LogP contribution in [0.2, 0.25) is 0 Å². The van der Waals surface area contributed by atoms with Crippen LogP contribution < -0.4 is 5.32 Å². The molecule has 1 aliphatic carbocycles. The molecule has 0 amide bonds. The minimum Gasteiger partial charge on any atom is -0.371 e. The molecular weight excluding hydrogens is 460 g/mol. The monoisotopic (exact) mass is 484 g/mol. The number of fused-ring (bicyclic) bond motifs is 4. The zero-order chi connectivity index (χ0) is 25.1. The van der Waals surface area contributed by atoms with Crippen molar-refractivity contribution in [3.8, 4) is 33.4 Å². The molecule has 0 fully saturated rings. The summed E-state index contributed by atoms with van der Waals surface area (Å²) in [7, 11) is 0. The molecule has 8 rings (SSSR count). The van der Waals surface area contributed by atoms with Crippen molar-refractivity contribution in [3.63, 3.8) is 0 Å². The highest BCUT2D eigenvalue weighted by atomic mass is 15.0. The molecule has 0 bridgehead atoms. The van der Waals surface area contributed by atoms with Crippen LogP contribution in [0.5, 0.6) is 0 Å². The minimum absolute atomic E-state index is 0.0549. The summed E-state index contributed by atoms with van der Waals surface area (Å²) >= 11 is 0. The maximum absolute atomic E-state index is 5.33. The van der Waals surface area contributed by atoms with E-state index in [1.165, 1.54) is 55.3 Å². The molecule has 1 aliphatic heterocycles. The number of anilines is 1. The molecule has 38 heavy (non-hydrogen) atoms. The fraction of sp³-hybridized carbons (Fsp3) is 0.0278. The Morgan fingerprint density at radius 2 is 1.13 bits per heavy atom. The number of hydrogen-bond donors (Lipinski definition) is 1. The second-order valence-corrected chi connectivity index (χ2v) is 9.99. The molecule has 1 N–H and O–H groups in total. The van der Waals surface area contributed by atoms with Crippen molar-refractivity contribution in [1.29, 1.82) is 0 Å². The zero-order valence-electron chi connectivity index (χ0n) is 20.7. The van der Waals surface area contributed by atoms with E-state index in [0.29, 0.717) is 0 Å². The van der Waals surface area contributed by atoms with Crippen LogP contribution in [0.4, 0.5) is 11.4 Å². The van der Waals surface area contributed by atoms with Gasteiger partial charge in [-0.15, -0.1) is 0 Å². The summed E-state index contributed by atoms with van der Waals surface area (Å²) in [6.07, 6.45) is 0. The number of nitrogens with one attached hydrogen (secondary N) is 1. The van der Waals surface area contributed by atoms with Gasteiger partial charge in [-0.05, 0) is 61.8 Å². The van der Waals surface area contributed by atoms with Crippen molar-refractivity contribution in [2.45, 2.75) is 6.04 Å². The van der Waals surface area contributed by atoms with Gasteiger partial charge >= 0.3 is 0 Å². The Balaban J connectivity index is 1.46. The van der Waals surface area contributed by atoms with Crippen LogP contribution in [0.1, 0.15) is 17.2 Å². The Morgan fingerprint density at radius 1 is 0.500 bits per heavy atom. The van der Waals surface area contributed by atoms with E-state index < -0.39 is 0 Å². The molecule has 0 radical (unpaired) electrons. The molecule has 0 aromatic heterocycles. The third-order valence-electron chi connectivity index (χ3n) is 7.86. The van der Waals surface area contributed by atoms with Gasteiger partial charge in [0, 0.05) is 5.56 Å². The van der Waals surface area contributed by atoms with Crippen LogP contribution in [0, 0.1) is 0 Å². The van der Waals surface area contributed by atoms with Crippen LogP contribution in [-0.4, -0.2) is 5.71 Å². The average molecular weight is 485 g/mol. The lowest BCUT2D eigenvalue weighted by atomic mass is 9.85. The standard InChI is InChI=1S/C36H24N2/c1-3-11-23(12-4-1)26-21-22-29(34-28-18-10-16-24-15-9-17-27(32(24)28)33(26)34)36-35(25-13-5-2-6-14-25)37-30-19-7-8-20-31(30)38-36/h1-22,35,37H. The Labute approximate surface area is 222 Å². The summed E-state index contributed by atoms with van der Waals surface area (Å²) in [5.74, 6) is 0. The van der Waals surface area contributed by atoms with Gasteiger partial charge in [0.1, 0.15) is 0 Å². The number of nitrogens with zero attached hydrogens (tertiary/aromatic N) is 1. The molecule has 2 aliphatic rings. The lowest BCUT2D eigenvalue weighted by Gasteiger charge is -2.29. The first-order valence-corrected chi connectivity index (χ1v) is 13.1. The van der Waals surface area contributed by atoms with E-state index >= 15 is 0 Å². The minimum atomic E-state index is -0.0549. The van der Waals surface area contributed by atoms with E-state index in [0.717, 1.165) is 17.1 Å². The molecule has 6 aromatic rings. The van der Waals surface area contributed by atoms with E-state index in [4.69, 9.17) is 4.99 Å². The van der Waals surface area contributed by atoms with Gasteiger partial charge in [0.25, 0.3) is 0 Å². The molecule has 0 spiro atoms. The van der Waals surface area contributed by atoms with Gasteiger partial charge in [-0.2, -0.15) is 0 Å². The summed E-state index contributed by atoms with van der Waals surface area (Å²) in [5, 5.41) is 6.42. The van der Waals surface area contributed by atoms with E-state index in [9.17, 15) is 0 Å². The van der Waals surface area contributed by atoms with Gasteiger partial charge in [-0.3, -0.25) is 0 Å². The molecule has 1 heterocycles. The number of rotatable bonds is 3. The molecule has 1 atom stereocenters. The summed E-state index contributed by atoms with van der Waals surface area (Å²) in [4.78, 5) is 5.33. The summed E-state index contributed by atoms with van der Waals surface area (Å²) < 4.78 is 0. The van der Waals surface area contributed by atoms with Crippen LogP contribution in [0.15, 0.2) is 138 Å². The van der Waals surface area contributed by atoms with Gasteiger partial charge in [-0.1, -0.05) is 121 Å². The van der Waals surface area contributed by atoms with Crippen LogP contribution in [-0.2, 0) is 0 Å². The van der Waals surface area contributed by atoms with Crippen molar-refractivity contribution in [2.75, 3.05) is 5.32 Å². The predicted octanol–water partition coefficient (Wildman–Crippen LogP) is 9.44. The van der Waals surface area contributed by atoms with E-state index in [1.54, 1.807) is 0 Å². The van der Waals surface area contributed by atoms with Crippen molar-refractivity contribution in [2.24, 2.45) is 4.99 Å². The van der Waals surface area contributed by atoms with Gasteiger partial charge in [0.2, 0.25) is 0 Å². The fourth-order valence-corrected chi connectivity index (χ4v) is 6.21. The van der Waals surface area contributed by atoms with Crippen molar-refractivity contribution in [1.82, 2.24) is 0 Å². The van der Waals surface area contributed by atoms with Crippen molar-refractivity contribution < 1.29 is 0 Å². The Kier molecular flexibility index (Phi) is 4.62. The number of aliphatic imine (C=N–C) groups is 1. The van der Waals surface area contributed by atoms with Crippen LogP contribution in [0.25, 0.3) is 44.2 Å². The maximum atomic E-state index is 5.33. The number of para-hydroxylation sites is 2. The van der Waals surface area contributed by atoms with Crippen LogP contribution >= 0.6 is 0 Å². The highest BCUT2D eigenvalue weighted by molar-refractivity contribution is 6.24. The smallest absolute Gasteiger partial charge is 0.0947 e. The molecule has 2 nitrogen and oxygen atoms in total. The van der Waals surface area contributed by atoms with E-state index in [2.05, 4.69) is 139 Å². The number of benzene rings is 6. The first-order valence-electron chi connectivity index (χ1n) is 13.1. The summed E-state index contributed by atoms with van der Waals surface area (Å²) in [6, 6.07) is 47.6. The number of hydrogen-bond acceptors (Lipinski definition) is 2. The average Bonchev–Trinajstić information content (AvgIpc) is 3.33. The molecular formula is C36H24N2.